The molecule has 0 spiro atoms. The average molecular weight is 288 g/mol. The lowest BCUT2D eigenvalue weighted by atomic mass is 9.96. The first-order chi connectivity index (χ1) is 10.2. The maximum Gasteiger partial charge on any atom is 0.112 e. The predicted molar refractivity (Wildman–Crippen MR) is 84.6 cm³/mol. The van der Waals surface area contributed by atoms with Crippen LogP contribution in [-0.2, 0) is 13.0 Å². The first kappa shape index (κ1) is 13.8. The number of aromatic nitrogens is 2. The highest BCUT2D eigenvalue weighted by Crippen LogP contribution is 2.36. The van der Waals surface area contributed by atoms with Gasteiger partial charge in [-0.15, -0.1) is 0 Å². The summed E-state index contributed by atoms with van der Waals surface area (Å²) in [4.78, 5) is 7.72. The van der Waals surface area contributed by atoms with E-state index >= 15 is 0 Å². The number of rotatable bonds is 2. The summed E-state index contributed by atoms with van der Waals surface area (Å²) < 4.78 is 2.66. The SMILES string of the molecule is CC(C)c1nc2c(n1C1CCN3CCCC3C1)CCNC2. The van der Waals surface area contributed by atoms with Gasteiger partial charge in [0.1, 0.15) is 5.82 Å². The number of imidazole rings is 1. The van der Waals surface area contributed by atoms with E-state index in [2.05, 4.69) is 28.6 Å². The van der Waals surface area contributed by atoms with Gasteiger partial charge in [0.15, 0.2) is 0 Å². The van der Waals surface area contributed by atoms with Crippen LogP contribution in [0.15, 0.2) is 0 Å². The highest BCUT2D eigenvalue weighted by Gasteiger charge is 2.35. The third-order valence-electron chi connectivity index (χ3n) is 5.63. The molecule has 0 aliphatic carbocycles. The summed E-state index contributed by atoms with van der Waals surface area (Å²) in [6, 6.07) is 1.53. The number of fused-ring (bicyclic) bond motifs is 2. The van der Waals surface area contributed by atoms with E-state index in [0.717, 1.165) is 25.6 Å². The molecule has 1 aromatic rings. The molecule has 1 N–H and O–H groups in total. The molecule has 4 nitrogen and oxygen atoms in total. The summed E-state index contributed by atoms with van der Waals surface area (Å²) in [6.07, 6.45) is 6.62. The van der Waals surface area contributed by atoms with Crippen molar-refractivity contribution in [2.45, 2.75) is 70.5 Å². The van der Waals surface area contributed by atoms with Crippen molar-refractivity contribution in [3.8, 4) is 0 Å². The third kappa shape index (κ3) is 2.33. The number of nitrogens with zero attached hydrogens (tertiary/aromatic N) is 3. The van der Waals surface area contributed by atoms with E-state index in [1.807, 2.05) is 0 Å². The largest absolute Gasteiger partial charge is 0.328 e. The molecule has 3 aliphatic rings. The molecule has 0 saturated carbocycles. The van der Waals surface area contributed by atoms with Crippen LogP contribution in [0, 0.1) is 0 Å². The van der Waals surface area contributed by atoms with E-state index in [-0.39, 0.29) is 0 Å². The first-order valence-corrected chi connectivity index (χ1v) is 8.78. The molecule has 2 fully saturated rings. The summed E-state index contributed by atoms with van der Waals surface area (Å²) in [7, 11) is 0. The van der Waals surface area contributed by atoms with Crippen LogP contribution < -0.4 is 5.32 Å². The van der Waals surface area contributed by atoms with E-state index in [4.69, 9.17) is 4.98 Å². The van der Waals surface area contributed by atoms with Crippen LogP contribution in [0.2, 0.25) is 0 Å². The van der Waals surface area contributed by atoms with Crippen molar-refractivity contribution >= 4 is 0 Å². The Morgan fingerprint density at radius 2 is 2.10 bits per heavy atom. The highest BCUT2D eigenvalue weighted by molar-refractivity contribution is 5.23. The second-order valence-electron chi connectivity index (χ2n) is 7.33. The zero-order valence-corrected chi connectivity index (χ0v) is 13.4. The van der Waals surface area contributed by atoms with Gasteiger partial charge in [-0.2, -0.15) is 0 Å². The minimum Gasteiger partial charge on any atom is -0.328 e. The Bertz CT molecular complexity index is 519. The molecule has 2 saturated heterocycles. The zero-order chi connectivity index (χ0) is 14.4. The van der Waals surface area contributed by atoms with Gasteiger partial charge < -0.3 is 14.8 Å². The van der Waals surface area contributed by atoms with Crippen molar-refractivity contribution in [2.75, 3.05) is 19.6 Å². The molecule has 21 heavy (non-hydrogen) atoms. The lowest BCUT2D eigenvalue weighted by Crippen LogP contribution is -2.39. The molecule has 116 valence electrons. The lowest BCUT2D eigenvalue weighted by molar-refractivity contribution is 0.152. The summed E-state index contributed by atoms with van der Waals surface area (Å²) in [5.41, 5.74) is 2.85. The number of hydrogen-bond donors (Lipinski definition) is 1. The van der Waals surface area contributed by atoms with Crippen molar-refractivity contribution in [3.63, 3.8) is 0 Å². The minimum absolute atomic E-state index is 0.525. The topological polar surface area (TPSA) is 33.1 Å². The molecule has 3 aliphatic heterocycles. The van der Waals surface area contributed by atoms with Gasteiger partial charge in [0.2, 0.25) is 0 Å². The van der Waals surface area contributed by atoms with Crippen molar-refractivity contribution < 1.29 is 0 Å². The van der Waals surface area contributed by atoms with Gasteiger partial charge in [0.25, 0.3) is 0 Å². The van der Waals surface area contributed by atoms with Gasteiger partial charge in [-0.3, -0.25) is 0 Å². The average Bonchev–Trinajstić information content (AvgIpc) is 3.10. The third-order valence-corrected chi connectivity index (χ3v) is 5.63. The molecular formula is C17H28N4. The first-order valence-electron chi connectivity index (χ1n) is 8.78. The van der Waals surface area contributed by atoms with Gasteiger partial charge in [0, 0.05) is 49.8 Å². The maximum absolute atomic E-state index is 5.00. The van der Waals surface area contributed by atoms with Gasteiger partial charge in [-0.1, -0.05) is 13.8 Å². The summed E-state index contributed by atoms with van der Waals surface area (Å²) in [6.45, 7) is 9.28. The van der Waals surface area contributed by atoms with Gasteiger partial charge >= 0.3 is 0 Å². The normalized spacial score (nSPS) is 29.7. The molecule has 2 unspecified atom stereocenters. The smallest absolute Gasteiger partial charge is 0.112 e. The van der Waals surface area contributed by atoms with Crippen molar-refractivity contribution in [2.24, 2.45) is 0 Å². The van der Waals surface area contributed by atoms with Crippen LogP contribution in [-0.4, -0.2) is 40.1 Å². The lowest BCUT2D eigenvalue weighted by Gasteiger charge is -2.37. The Labute approximate surface area is 127 Å². The monoisotopic (exact) mass is 288 g/mol. The van der Waals surface area contributed by atoms with E-state index in [1.54, 1.807) is 0 Å². The molecule has 0 bridgehead atoms. The number of nitrogens with one attached hydrogen (secondary N) is 1. The van der Waals surface area contributed by atoms with Crippen molar-refractivity contribution in [3.05, 3.63) is 17.2 Å². The molecule has 0 aromatic carbocycles. The predicted octanol–water partition coefficient (Wildman–Crippen LogP) is 2.45. The molecule has 0 radical (unpaired) electrons. The van der Waals surface area contributed by atoms with Crippen LogP contribution in [0.5, 0.6) is 0 Å². The number of hydrogen-bond acceptors (Lipinski definition) is 3. The van der Waals surface area contributed by atoms with Crippen LogP contribution in [0.3, 0.4) is 0 Å². The second-order valence-corrected chi connectivity index (χ2v) is 7.33. The Morgan fingerprint density at radius 3 is 2.95 bits per heavy atom. The second kappa shape index (κ2) is 5.40. The highest BCUT2D eigenvalue weighted by atomic mass is 15.2. The van der Waals surface area contributed by atoms with E-state index in [1.165, 1.54) is 56.0 Å². The van der Waals surface area contributed by atoms with Crippen molar-refractivity contribution in [1.29, 1.82) is 0 Å². The fourth-order valence-corrected chi connectivity index (χ4v) is 4.61. The Kier molecular flexibility index (Phi) is 3.54. The van der Waals surface area contributed by atoms with E-state index in [0.29, 0.717) is 12.0 Å². The van der Waals surface area contributed by atoms with Crippen LogP contribution in [0.25, 0.3) is 0 Å². The Hall–Kier alpha value is -0.870. The standard InChI is InChI=1S/C17H28N4/c1-12(2)17-19-15-11-18-7-5-16(15)21(17)14-6-9-20-8-3-4-13(20)10-14/h12-14,18H,3-11H2,1-2H3. The van der Waals surface area contributed by atoms with E-state index in [9.17, 15) is 0 Å². The van der Waals surface area contributed by atoms with Crippen LogP contribution in [0.1, 0.15) is 68.7 Å². The molecule has 4 heterocycles. The Balaban J connectivity index is 1.68. The maximum atomic E-state index is 5.00. The van der Waals surface area contributed by atoms with Crippen LogP contribution in [0.4, 0.5) is 0 Å². The zero-order valence-electron chi connectivity index (χ0n) is 13.4. The molecule has 0 amide bonds. The summed E-state index contributed by atoms with van der Waals surface area (Å²) >= 11 is 0. The molecule has 2 atom stereocenters. The fraction of sp³-hybridized carbons (Fsp3) is 0.824. The van der Waals surface area contributed by atoms with Gasteiger partial charge in [-0.05, 0) is 32.2 Å². The molecule has 4 rings (SSSR count). The Morgan fingerprint density at radius 1 is 1.19 bits per heavy atom. The summed E-state index contributed by atoms with van der Waals surface area (Å²) in [5, 5.41) is 3.48. The van der Waals surface area contributed by atoms with Gasteiger partial charge in [-0.25, -0.2) is 4.98 Å². The fourth-order valence-electron chi connectivity index (χ4n) is 4.61. The number of piperidine rings is 1. The molecule has 1 aromatic heterocycles. The van der Waals surface area contributed by atoms with Crippen LogP contribution >= 0.6 is 0 Å². The quantitative estimate of drug-likeness (QED) is 0.907. The summed E-state index contributed by atoms with van der Waals surface area (Å²) in [5.74, 6) is 1.86. The molecular weight excluding hydrogens is 260 g/mol. The minimum atomic E-state index is 0.525. The van der Waals surface area contributed by atoms with Crippen molar-refractivity contribution in [1.82, 2.24) is 19.8 Å². The molecule has 4 heteroatoms. The van der Waals surface area contributed by atoms with Gasteiger partial charge in [0.05, 0.1) is 5.69 Å². The van der Waals surface area contributed by atoms with E-state index < -0.39 is 0 Å².